The van der Waals surface area contributed by atoms with Crippen molar-refractivity contribution in [2.45, 2.75) is 25.2 Å². The predicted molar refractivity (Wildman–Crippen MR) is 55.6 cm³/mol. The van der Waals surface area contributed by atoms with Crippen LogP contribution in [-0.2, 0) is 0 Å². The quantitative estimate of drug-likeness (QED) is 0.747. The molecule has 1 atom stereocenters. The van der Waals surface area contributed by atoms with E-state index in [4.69, 9.17) is 5.73 Å². The maximum absolute atomic E-state index is 5.78. The van der Waals surface area contributed by atoms with Crippen LogP contribution in [0.5, 0.6) is 0 Å². The number of benzene rings is 1. The van der Waals surface area contributed by atoms with E-state index in [0.717, 1.165) is 12.5 Å². The highest BCUT2D eigenvalue weighted by atomic mass is 14.6. The van der Waals surface area contributed by atoms with Crippen molar-refractivity contribution in [3.63, 3.8) is 0 Å². The number of nitrogens with two attached hydrogens (primary N) is 1. The first kappa shape index (κ1) is 8.76. The van der Waals surface area contributed by atoms with Crippen molar-refractivity contribution in [3.05, 3.63) is 35.9 Å². The van der Waals surface area contributed by atoms with Gasteiger partial charge in [0.1, 0.15) is 0 Å². The molecule has 1 heteroatoms. The van der Waals surface area contributed by atoms with E-state index in [1.54, 1.807) is 0 Å². The zero-order valence-corrected chi connectivity index (χ0v) is 7.95. The summed E-state index contributed by atoms with van der Waals surface area (Å²) in [4.78, 5) is 0. The molecule has 70 valence electrons. The lowest BCUT2D eigenvalue weighted by Crippen LogP contribution is -2.12. The van der Waals surface area contributed by atoms with Crippen LogP contribution < -0.4 is 5.73 Å². The lowest BCUT2D eigenvalue weighted by molar-refractivity contribution is 0.585. The van der Waals surface area contributed by atoms with Crippen LogP contribution in [0, 0.1) is 5.92 Å². The topological polar surface area (TPSA) is 26.0 Å². The van der Waals surface area contributed by atoms with Gasteiger partial charge in [-0.2, -0.15) is 0 Å². The van der Waals surface area contributed by atoms with Crippen LogP contribution in [0.15, 0.2) is 30.3 Å². The Morgan fingerprint density at radius 2 is 1.92 bits per heavy atom. The third-order valence-corrected chi connectivity index (χ3v) is 2.87. The van der Waals surface area contributed by atoms with E-state index in [9.17, 15) is 0 Å². The first-order chi connectivity index (χ1) is 6.40. The van der Waals surface area contributed by atoms with Gasteiger partial charge in [-0.15, -0.1) is 0 Å². The molecule has 2 N–H and O–H groups in total. The van der Waals surface area contributed by atoms with Crippen LogP contribution in [-0.4, -0.2) is 6.54 Å². The summed E-state index contributed by atoms with van der Waals surface area (Å²) in [7, 11) is 0. The van der Waals surface area contributed by atoms with E-state index < -0.39 is 0 Å². The van der Waals surface area contributed by atoms with Gasteiger partial charge in [-0.3, -0.25) is 0 Å². The molecule has 1 aromatic rings. The number of hydrogen-bond acceptors (Lipinski definition) is 1. The second kappa shape index (κ2) is 3.93. The average molecular weight is 175 g/mol. The smallest absolute Gasteiger partial charge is 0.000813 e. The van der Waals surface area contributed by atoms with Crippen LogP contribution in [0.4, 0.5) is 0 Å². The van der Waals surface area contributed by atoms with E-state index in [2.05, 4.69) is 30.3 Å². The third-order valence-electron chi connectivity index (χ3n) is 2.87. The van der Waals surface area contributed by atoms with Crippen LogP contribution in [0.2, 0.25) is 0 Å². The van der Waals surface area contributed by atoms with Crippen LogP contribution >= 0.6 is 0 Å². The van der Waals surface area contributed by atoms with Gasteiger partial charge in [0.15, 0.2) is 0 Å². The SMILES string of the molecule is NCC(CC1CC1)c1ccccc1. The monoisotopic (exact) mass is 175 g/mol. The van der Waals surface area contributed by atoms with Crippen LogP contribution in [0.25, 0.3) is 0 Å². The minimum absolute atomic E-state index is 0.591. The Morgan fingerprint density at radius 3 is 2.46 bits per heavy atom. The van der Waals surface area contributed by atoms with Gasteiger partial charge in [-0.25, -0.2) is 0 Å². The van der Waals surface area contributed by atoms with Crippen LogP contribution in [0.3, 0.4) is 0 Å². The van der Waals surface area contributed by atoms with E-state index in [1.165, 1.54) is 24.8 Å². The summed E-state index contributed by atoms with van der Waals surface area (Å²) >= 11 is 0. The fraction of sp³-hybridized carbons (Fsp3) is 0.500. The van der Waals surface area contributed by atoms with Gasteiger partial charge in [0, 0.05) is 0 Å². The van der Waals surface area contributed by atoms with Crippen molar-refractivity contribution in [1.29, 1.82) is 0 Å². The van der Waals surface area contributed by atoms with Crippen molar-refractivity contribution in [1.82, 2.24) is 0 Å². The summed E-state index contributed by atoms with van der Waals surface area (Å²) in [6, 6.07) is 10.7. The molecule has 0 heterocycles. The molecule has 13 heavy (non-hydrogen) atoms. The lowest BCUT2D eigenvalue weighted by atomic mass is 9.94. The summed E-state index contributed by atoms with van der Waals surface area (Å²) in [5, 5.41) is 0. The Hall–Kier alpha value is -0.820. The summed E-state index contributed by atoms with van der Waals surface area (Å²) in [5.41, 5.74) is 7.19. The van der Waals surface area contributed by atoms with Gasteiger partial charge < -0.3 is 5.73 Å². The predicted octanol–water partition coefficient (Wildman–Crippen LogP) is 2.53. The second-order valence-electron chi connectivity index (χ2n) is 4.02. The molecule has 0 aliphatic heterocycles. The molecule has 1 saturated carbocycles. The molecule has 0 aromatic heterocycles. The largest absolute Gasteiger partial charge is 0.330 e. The normalized spacial score (nSPS) is 18.5. The zero-order valence-electron chi connectivity index (χ0n) is 7.95. The molecule has 1 fully saturated rings. The van der Waals surface area contributed by atoms with E-state index in [1.807, 2.05) is 0 Å². The molecule has 1 unspecified atom stereocenters. The van der Waals surface area contributed by atoms with Gasteiger partial charge in [0.05, 0.1) is 0 Å². The first-order valence-electron chi connectivity index (χ1n) is 5.15. The Morgan fingerprint density at radius 1 is 1.23 bits per heavy atom. The van der Waals surface area contributed by atoms with Gasteiger partial charge >= 0.3 is 0 Å². The summed E-state index contributed by atoms with van der Waals surface area (Å²) in [6.45, 7) is 0.792. The second-order valence-corrected chi connectivity index (χ2v) is 4.02. The Kier molecular flexibility index (Phi) is 2.65. The molecule has 0 spiro atoms. The molecule has 0 amide bonds. The molecular formula is C12H17N. The molecule has 0 bridgehead atoms. The highest BCUT2D eigenvalue weighted by Crippen LogP contribution is 2.38. The van der Waals surface area contributed by atoms with Gasteiger partial charge in [-0.05, 0) is 30.4 Å². The standard InChI is InChI=1S/C12H17N/c13-9-12(8-10-6-7-10)11-4-2-1-3-5-11/h1-5,10,12H,6-9,13H2. The Balaban J connectivity index is 2.02. The maximum Gasteiger partial charge on any atom is -0.000813 e. The molecule has 1 aliphatic carbocycles. The van der Waals surface area contributed by atoms with E-state index >= 15 is 0 Å². The fourth-order valence-corrected chi connectivity index (χ4v) is 1.85. The lowest BCUT2D eigenvalue weighted by Gasteiger charge is -2.14. The molecule has 2 rings (SSSR count). The minimum atomic E-state index is 0.591. The maximum atomic E-state index is 5.78. The van der Waals surface area contributed by atoms with Crippen molar-refractivity contribution in [2.75, 3.05) is 6.54 Å². The van der Waals surface area contributed by atoms with Gasteiger partial charge in [-0.1, -0.05) is 43.2 Å². The molecule has 0 saturated heterocycles. The van der Waals surface area contributed by atoms with Gasteiger partial charge in [0.25, 0.3) is 0 Å². The molecular weight excluding hydrogens is 158 g/mol. The number of hydrogen-bond donors (Lipinski definition) is 1. The zero-order chi connectivity index (χ0) is 9.10. The van der Waals surface area contributed by atoms with Crippen molar-refractivity contribution in [2.24, 2.45) is 11.7 Å². The Labute approximate surface area is 80.0 Å². The summed E-state index contributed by atoms with van der Waals surface area (Å²) in [6.07, 6.45) is 4.13. The number of rotatable bonds is 4. The Bertz CT molecular complexity index is 251. The first-order valence-corrected chi connectivity index (χ1v) is 5.15. The van der Waals surface area contributed by atoms with Crippen molar-refractivity contribution in [3.8, 4) is 0 Å². The highest BCUT2D eigenvalue weighted by molar-refractivity contribution is 5.20. The van der Waals surface area contributed by atoms with Crippen molar-refractivity contribution < 1.29 is 0 Å². The highest BCUT2D eigenvalue weighted by Gasteiger charge is 2.25. The minimum Gasteiger partial charge on any atom is -0.330 e. The van der Waals surface area contributed by atoms with Gasteiger partial charge in [0.2, 0.25) is 0 Å². The molecule has 0 radical (unpaired) electrons. The van der Waals surface area contributed by atoms with Crippen molar-refractivity contribution >= 4 is 0 Å². The van der Waals surface area contributed by atoms with Crippen LogP contribution in [0.1, 0.15) is 30.7 Å². The molecule has 1 nitrogen and oxygen atoms in total. The van der Waals surface area contributed by atoms with E-state index in [-0.39, 0.29) is 0 Å². The molecule has 1 aliphatic rings. The molecule has 1 aromatic carbocycles. The summed E-state index contributed by atoms with van der Waals surface area (Å²) < 4.78 is 0. The fourth-order valence-electron chi connectivity index (χ4n) is 1.85. The van der Waals surface area contributed by atoms with E-state index in [0.29, 0.717) is 5.92 Å². The average Bonchev–Trinajstić information content (AvgIpc) is 2.99. The summed E-state index contributed by atoms with van der Waals surface area (Å²) in [5.74, 6) is 1.56. The third kappa shape index (κ3) is 2.31.